The van der Waals surface area contributed by atoms with Gasteiger partial charge in [-0.15, -0.1) is 0 Å². The Hall–Kier alpha value is -3.57. The molecule has 1 fully saturated rings. The van der Waals surface area contributed by atoms with Gasteiger partial charge in [0.05, 0.1) is 0 Å². The van der Waals surface area contributed by atoms with Crippen molar-refractivity contribution in [2.75, 3.05) is 26.7 Å². The highest BCUT2D eigenvalue weighted by atomic mass is 35.5. The molecule has 1 atom stereocenters. The van der Waals surface area contributed by atoms with Gasteiger partial charge in [0.2, 0.25) is 5.91 Å². The van der Waals surface area contributed by atoms with Crippen LogP contribution >= 0.6 is 11.6 Å². The Morgan fingerprint density at radius 1 is 1.48 bits per heavy atom. The van der Waals surface area contributed by atoms with E-state index < -0.39 is 0 Å². The number of nitrogens with zero attached hydrogens (tertiary/aromatic N) is 4. The molecule has 1 unspecified atom stereocenters. The molecule has 1 saturated heterocycles. The number of H-pyrrole nitrogens is 1. The molecule has 0 aliphatic carbocycles. The second kappa shape index (κ2) is 10.5. The fraction of sp³-hybridized carbons (Fsp3) is 0.273. The highest BCUT2D eigenvalue weighted by molar-refractivity contribution is 6.30. The number of rotatable bonds is 6. The zero-order valence-corrected chi connectivity index (χ0v) is 17.9. The molecule has 0 saturated carbocycles. The van der Waals surface area contributed by atoms with Crippen molar-refractivity contribution in [3.63, 3.8) is 0 Å². The van der Waals surface area contributed by atoms with Crippen molar-refractivity contribution >= 4 is 35.9 Å². The Balaban J connectivity index is 1.65. The zero-order chi connectivity index (χ0) is 22.2. The molecule has 0 spiro atoms. The van der Waals surface area contributed by atoms with Gasteiger partial charge in [-0.25, -0.2) is 9.98 Å². The van der Waals surface area contributed by atoms with Gasteiger partial charge < -0.3 is 19.9 Å². The molecular weight excluding hydrogens is 416 g/mol. The van der Waals surface area contributed by atoms with E-state index in [-0.39, 0.29) is 18.6 Å². The van der Waals surface area contributed by atoms with Crippen LogP contribution in [0.5, 0.6) is 5.75 Å². The minimum atomic E-state index is -0.0762. The van der Waals surface area contributed by atoms with Crippen LogP contribution in [0, 0.1) is 11.8 Å². The van der Waals surface area contributed by atoms with Crippen LogP contribution in [0.3, 0.4) is 0 Å². The number of ether oxygens (including phenoxy) is 1. The van der Waals surface area contributed by atoms with E-state index >= 15 is 0 Å². The van der Waals surface area contributed by atoms with Gasteiger partial charge in [0.15, 0.2) is 11.6 Å². The molecule has 160 valence electrons. The number of carbonyl (C=O) groups is 1. The normalized spacial score (nSPS) is 15.7. The Bertz CT molecular complexity index is 1050. The number of imidazole rings is 1. The molecule has 2 aromatic rings. The summed E-state index contributed by atoms with van der Waals surface area (Å²) in [6, 6.07) is 7.11. The largest absolute Gasteiger partial charge is 0.481 e. The SMILES string of the molecule is C=CC(=O)N1CCC(NC(=NC)c2[nH]c(C#CCOc3ccc(Cl)cc3)nc2N=C)C1. The Kier molecular flexibility index (Phi) is 7.46. The number of carbonyl (C=O) groups excluding carboxylic acids is 1. The first-order chi connectivity index (χ1) is 15.0. The van der Waals surface area contributed by atoms with E-state index in [1.54, 1.807) is 36.2 Å². The number of halogens is 1. The number of aromatic amines is 1. The number of hydrogen-bond donors (Lipinski definition) is 2. The van der Waals surface area contributed by atoms with E-state index in [0.717, 1.165) is 6.42 Å². The lowest BCUT2D eigenvalue weighted by molar-refractivity contribution is -0.125. The number of nitrogens with one attached hydrogen (secondary N) is 2. The number of aromatic nitrogens is 2. The van der Waals surface area contributed by atoms with Gasteiger partial charge in [-0.3, -0.25) is 9.79 Å². The van der Waals surface area contributed by atoms with Crippen molar-refractivity contribution in [1.82, 2.24) is 20.2 Å². The fourth-order valence-corrected chi connectivity index (χ4v) is 3.25. The summed E-state index contributed by atoms with van der Waals surface area (Å²) >= 11 is 5.86. The Morgan fingerprint density at radius 2 is 2.26 bits per heavy atom. The summed E-state index contributed by atoms with van der Waals surface area (Å²) in [5.41, 5.74) is 0.592. The summed E-state index contributed by atoms with van der Waals surface area (Å²) in [5.74, 6) is 7.84. The molecule has 9 heteroatoms. The first kappa shape index (κ1) is 22.1. The third kappa shape index (κ3) is 5.74. The third-order valence-corrected chi connectivity index (χ3v) is 4.89. The van der Waals surface area contributed by atoms with Crippen LogP contribution in [0.4, 0.5) is 5.82 Å². The first-order valence-corrected chi connectivity index (χ1v) is 10.0. The summed E-state index contributed by atoms with van der Waals surface area (Å²) in [7, 11) is 1.67. The standard InChI is InChI=1S/C22H23ClN6O2/c1-4-19(30)29-12-11-16(14-29)26-21(24-2)20-22(25-3)28-18(27-20)6-5-13-31-17-9-7-15(23)8-10-17/h4,7-10,16H,1,3,11-14H2,2H3,(H,24,26)(H,27,28). The smallest absolute Gasteiger partial charge is 0.246 e. The zero-order valence-electron chi connectivity index (χ0n) is 17.2. The van der Waals surface area contributed by atoms with Crippen LogP contribution in [0.15, 0.2) is 46.9 Å². The van der Waals surface area contributed by atoms with Gasteiger partial charge in [-0.2, -0.15) is 0 Å². The van der Waals surface area contributed by atoms with Crippen LogP contribution in [-0.4, -0.2) is 66.1 Å². The lowest BCUT2D eigenvalue weighted by Crippen LogP contribution is -2.38. The maximum absolute atomic E-state index is 11.8. The summed E-state index contributed by atoms with van der Waals surface area (Å²) in [4.78, 5) is 29.3. The summed E-state index contributed by atoms with van der Waals surface area (Å²) in [6.07, 6.45) is 2.13. The van der Waals surface area contributed by atoms with Crippen molar-refractivity contribution in [3.05, 3.63) is 53.5 Å². The highest BCUT2D eigenvalue weighted by Crippen LogP contribution is 2.18. The van der Waals surface area contributed by atoms with Gasteiger partial charge in [-0.1, -0.05) is 24.1 Å². The van der Waals surface area contributed by atoms with E-state index in [9.17, 15) is 4.79 Å². The number of amides is 1. The van der Waals surface area contributed by atoms with Crippen LogP contribution in [0.1, 0.15) is 17.9 Å². The first-order valence-electron chi connectivity index (χ1n) is 9.63. The molecular formula is C22H23ClN6O2. The lowest BCUT2D eigenvalue weighted by atomic mass is 10.2. The third-order valence-electron chi connectivity index (χ3n) is 4.64. The molecule has 0 radical (unpaired) electrons. The predicted octanol–water partition coefficient (Wildman–Crippen LogP) is 2.58. The predicted molar refractivity (Wildman–Crippen MR) is 122 cm³/mol. The van der Waals surface area contributed by atoms with Crippen LogP contribution in [0.25, 0.3) is 0 Å². The molecule has 1 aliphatic rings. The van der Waals surface area contributed by atoms with E-state index in [0.29, 0.717) is 47.0 Å². The Morgan fingerprint density at radius 3 is 2.94 bits per heavy atom. The molecule has 2 heterocycles. The van der Waals surface area contributed by atoms with Crippen LogP contribution in [0.2, 0.25) is 5.02 Å². The second-order valence-electron chi connectivity index (χ2n) is 6.68. The summed E-state index contributed by atoms with van der Waals surface area (Å²) in [6.45, 7) is 8.55. The van der Waals surface area contributed by atoms with Gasteiger partial charge in [-0.05, 0) is 49.4 Å². The van der Waals surface area contributed by atoms with Crippen LogP contribution < -0.4 is 10.1 Å². The summed E-state index contributed by atoms with van der Waals surface area (Å²) < 4.78 is 5.56. The molecule has 2 N–H and O–H groups in total. The average molecular weight is 439 g/mol. The number of hydrogen-bond acceptors (Lipinski definition) is 5. The number of benzene rings is 1. The number of likely N-dealkylation sites (tertiary alicyclic amines) is 1. The van der Waals surface area contributed by atoms with Crippen molar-refractivity contribution in [2.45, 2.75) is 12.5 Å². The van der Waals surface area contributed by atoms with Crippen LogP contribution in [-0.2, 0) is 4.79 Å². The average Bonchev–Trinajstić information content (AvgIpc) is 3.42. The quantitative estimate of drug-likeness (QED) is 0.313. The molecule has 3 rings (SSSR count). The topological polar surface area (TPSA) is 95.0 Å². The van der Waals surface area contributed by atoms with Crippen molar-refractivity contribution in [1.29, 1.82) is 0 Å². The van der Waals surface area contributed by atoms with Crippen molar-refractivity contribution in [2.24, 2.45) is 9.98 Å². The maximum Gasteiger partial charge on any atom is 0.246 e. The second-order valence-corrected chi connectivity index (χ2v) is 7.11. The number of aliphatic imine (C=N–C) groups is 2. The molecule has 8 nitrogen and oxygen atoms in total. The van der Waals surface area contributed by atoms with Gasteiger partial charge in [0.25, 0.3) is 0 Å². The van der Waals surface area contributed by atoms with Crippen molar-refractivity contribution < 1.29 is 9.53 Å². The van der Waals surface area contributed by atoms with Gasteiger partial charge in [0, 0.05) is 31.2 Å². The monoisotopic (exact) mass is 438 g/mol. The highest BCUT2D eigenvalue weighted by Gasteiger charge is 2.26. The number of amidine groups is 1. The Labute approximate surface area is 186 Å². The molecule has 31 heavy (non-hydrogen) atoms. The molecule has 1 aromatic carbocycles. The minimum absolute atomic E-state index is 0.0610. The van der Waals surface area contributed by atoms with Gasteiger partial charge in [0.1, 0.15) is 23.9 Å². The molecule has 1 amide bonds. The van der Waals surface area contributed by atoms with Crippen molar-refractivity contribution in [3.8, 4) is 17.6 Å². The fourth-order valence-electron chi connectivity index (χ4n) is 3.12. The van der Waals surface area contributed by atoms with E-state index in [1.807, 2.05) is 0 Å². The summed E-state index contributed by atoms with van der Waals surface area (Å²) in [5, 5.41) is 4.00. The maximum atomic E-state index is 11.8. The molecule has 1 aliphatic heterocycles. The molecule has 0 bridgehead atoms. The van der Waals surface area contributed by atoms with Gasteiger partial charge >= 0.3 is 0 Å². The minimum Gasteiger partial charge on any atom is -0.481 e. The molecule has 1 aromatic heterocycles. The lowest BCUT2D eigenvalue weighted by Gasteiger charge is -2.17. The van der Waals surface area contributed by atoms with E-state index in [1.165, 1.54) is 6.08 Å². The van der Waals surface area contributed by atoms with E-state index in [2.05, 4.69) is 50.4 Å². The van der Waals surface area contributed by atoms with E-state index in [4.69, 9.17) is 16.3 Å².